The molecule has 0 spiro atoms. The molecule has 90 valence electrons. The van der Waals surface area contributed by atoms with Crippen LogP contribution in [-0.2, 0) is 4.79 Å². The molecule has 0 aromatic heterocycles. The van der Waals surface area contributed by atoms with Crippen molar-refractivity contribution in [1.82, 2.24) is 4.90 Å². The molecule has 0 fully saturated rings. The molecule has 1 unspecified atom stereocenters. The van der Waals surface area contributed by atoms with Gasteiger partial charge in [0.1, 0.15) is 0 Å². The predicted molar refractivity (Wildman–Crippen MR) is 68.0 cm³/mol. The largest absolute Gasteiger partial charge is 0.342 e. The van der Waals surface area contributed by atoms with E-state index in [-0.39, 0.29) is 23.9 Å². The van der Waals surface area contributed by atoms with Crippen LogP contribution in [0.3, 0.4) is 0 Å². The Morgan fingerprint density at radius 2 is 1.93 bits per heavy atom. The van der Waals surface area contributed by atoms with Crippen molar-refractivity contribution in [3.8, 4) is 0 Å². The number of hydrogen-bond donors (Lipinski definition) is 1. The molecule has 0 aliphatic heterocycles. The van der Waals surface area contributed by atoms with E-state index in [1.54, 1.807) is 16.7 Å². The highest BCUT2D eigenvalue weighted by molar-refractivity contribution is 7.98. The lowest BCUT2D eigenvalue weighted by molar-refractivity contribution is -0.134. The fourth-order valence-corrected chi connectivity index (χ4v) is 1.80. The lowest BCUT2D eigenvalue weighted by Gasteiger charge is -2.28. The van der Waals surface area contributed by atoms with E-state index in [0.29, 0.717) is 0 Å². The lowest BCUT2D eigenvalue weighted by atomic mass is 10.0. The summed E-state index contributed by atoms with van der Waals surface area (Å²) in [5.74, 6) is 1.33. The van der Waals surface area contributed by atoms with Gasteiger partial charge in [-0.2, -0.15) is 11.8 Å². The number of amides is 1. The summed E-state index contributed by atoms with van der Waals surface area (Å²) < 4.78 is 0. The van der Waals surface area contributed by atoms with Gasteiger partial charge in [0.25, 0.3) is 0 Å². The molecule has 0 saturated heterocycles. The number of nitrogens with zero attached hydrogens (tertiary/aromatic N) is 1. The van der Waals surface area contributed by atoms with E-state index in [2.05, 4.69) is 13.2 Å². The van der Waals surface area contributed by atoms with Crippen LogP contribution in [0.15, 0.2) is 0 Å². The molecule has 1 amide bonds. The summed E-state index contributed by atoms with van der Waals surface area (Å²) in [5, 5.41) is 0. The zero-order valence-corrected chi connectivity index (χ0v) is 11.3. The zero-order chi connectivity index (χ0) is 12.0. The standard InChI is InChI=1S/C11H24N2OS/c1-8(2)10(12)11(14)13(4)9(3)6-7-15-5/h8-10H,6-7,12H2,1-5H3/t9?,10-/m1/s1. The summed E-state index contributed by atoms with van der Waals surface area (Å²) in [6, 6.07) is -0.0959. The predicted octanol–water partition coefficient (Wildman–Crippen LogP) is 1.57. The van der Waals surface area contributed by atoms with Crippen LogP contribution < -0.4 is 5.73 Å². The average Bonchev–Trinajstić information content (AvgIpc) is 2.22. The van der Waals surface area contributed by atoms with Gasteiger partial charge in [-0.25, -0.2) is 0 Å². The van der Waals surface area contributed by atoms with Gasteiger partial charge in [0.15, 0.2) is 0 Å². The Morgan fingerprint density at radius 1 is 1.40 bits per heavy atom. The summed E-state index contributed by atoms with van der Waals surface area (Å²) in [7, 11) is 1.84. The number of likely N-dealkylation sites (N-methyl/N-ethyl adjacent to an activating group) is 1. The number of carbonyl (C=O) groups is 1. The van der Waals surface area contributed by atoms with Crippen molar-refractivity contribution in [3.05, 3.63) is 0 Å². The van der Waals surface area contributed by atoms with Gasteiger partial charge in [0.05, 0.1) is 6.04 Å². The number of carbonyl (C=O) groups excluding carboxylic acids is 1. The molecule has 3 nitrogen and oxygen atoms in total. The highest BCUT2D eigenvalue weighted by Crippen LogP contribution is 2.09. The van der Waals surface area contributed by atoms with E-state index < -0.39 is 0 Å². The first kappa shape index (κ1) is 14.8. The molecule has 0 rings (SSSR count). The zero-order valence-electron chi connectivity index (χ0n) is 10.5. The Labute approximate surface area is 97.8 Å². The Kier molecular flexibility index (Phi) is 7.02. The van der Waals surface area contributed by atoms with E-state index in [1.807, 2.05) is 20.9 Å². The second-order valence-corrected chi connectivity index (χ2v) is 5.34. The van der Waals surface area contributed by atoms with E-state index in [0.717, 1.165) is 12.2 Å². The van der Waals surface area contributed by atoms with Crippen LogP contribution in [0, 0.1) is 5.92 Å². The molecule has 0 radical (unpaired) electrons. The van der Waals surface area contributed by atoms with Crippen LogP contribution in [0.25, 0.3) is 0 Å². The van der Waals surface area contributed by atoms with Gasteiger partial charge in [-0.1, -0.05) is 13.8 Å². The minimum Gasteiger partial charge on any atom is -0.342 e. The molecule has 2 N–H and O–H groups in total. The third-order valence-corrected chi connectivity index (χ3v) is 3.40. The SMILES string of the molecule is CSCCC(C)N(C)C(=O)[C@H](N)C(C)C. The molecule has 2 atom stereocenters. The number of thioether (sulfide) groups is 1. The number of hydrogen-bond acceptors (Lipinski definition) is 3. The molecular weight excluding hydrogens is 208 g/mol. The molecule has 0 bridgehead atoms. The fourth-order valence-electron chi connectivity index (χ4n) is 1.22. The van der Waals surface area contributed by atoms with Crippen molar-refractivity contribution >= 4 is 17.7 Å². The van der Waals surface area contributed by atoms with Crippen LogP contribution in [0.1, 0.15) is 27.2 Å². The Balaban J connectivity index is 4.18. The molecule has 0 aliphatic carbocycles. The van der Waals surface area contributed by atoms with Crippen molar-refractivity contribution in [1.29, 1.82) is 0 Å². The molecule has 0 heterocycles. The first-order valence-corrected chi connectivity index (χ1v) is 6.82. The summed E-state index contributed by atoms with van der Waals surface area (Å²) in [4.78, 5) is 13.7. The van der Waals surface area contributed by atoms with E-state index in [9.17, 15) is 4.79 Å². The highest BCUT2D eigenvalue weighted by atomic mass is 32.2. The van der Waals surface area contributed by atoms with Crippen molar-refractivity contribution in [3.63, 3.8) is 0 Å². The number of rotatable bonds is 6. The fraction of sp³-hybridized carbons (Fsp3) is 0.909. The Hall–Kier alpha value is -0.220. The second kappa shape index (κ2) is 7.12. The summed E-state index contributed by atoms with van der Waals surface area (Å²) in [5.41, 5.74) is 5.83. The van der Waals surface area contributed by atoms with Crippen molar-refractivity contribution in [2.24, 2.45) is 11.7 Å². The van der Waals surface area contributed by atoms with Gasteiger partial charge < -0.3 is 10.6 Å². The van der Waals surface area contributed by atoms with Gasteiger partial charge in [-0.15, -0.1) is 0 Å². The second-order valence-electron chi connectivity index (χ2n) is 4.35. The van der Waals surface area contributed by atoms with Crippen LogP contribution >= 0.6 is 11.8 Å². The summed E-state index contributed by atoms with van der Waals surface area (Å²) >= 11 is 1.80. The van der Waals surface area contributed by atoms with Crippen LogP contribution in [0.5, 0.6) is 0 Å². The van der Waals surface area contributed by atoms with Crippen molar-refractivity contribution in [2.75, 3.05) is 19.1 Å². The van der Waals surface area contributed by atoms with Crippen molar-refractivity contribution in [2.45, 2.75) is 39.3 Å². The van der Waals surface area contributed by atoms with Gasteiger partial charge in [-0.05, 0) is 31.3 Å². The summed E-state index contributed by atoms with van der Waals surface area (Å²) in [6.07, 6.45) is 3.10. The summed E-state index contributed by atoms with van der Waals surface area (Å²) in [6.45, 7) is 6.02. The minimum absolute atomic E-state index is 0.0543. The maximum atomic E-state index is 11.9. The van der Waals surface area contributed by atoms with E-state index >= 15 is 0 Å². The Morgan fingerprint density at radius 3 is 2.33 bits per heavy atom. The smallest absolute Gasteiger partial charge is 0.239 e. The third kappa shape index (κ3) is 4.89. The van der Waals surface area contributed by atoms with Crippen LogP contribution in [0.4, 0.5) is 0 Å². The van der Waals surface area contributed by atoms with Crippen LogP contribution in [0.2, 0.25) is 0 Å². The topological polar surface area (TPSA) is 46.3 Å². The molecule has 0 aliphatic rings. The Bertz CT molecular complexity index is 197. The van der Waals surface area contributed by atoms with Gasteiger partial charge in [-0.3, -0.25) is 4.79 Å². The first-order chi connectivity index (χ1) is 6.91. The van der Waals surface area contributed by atoms with Gasteiger partial charge >= 0.3 is 0 Å². The van der Waals surface area contributed by atoms with E-state index in [4.69, 9.17) is 5.73 Å². The van der Waals surface area contributed by atoms with Gasteiger partial charge in [0, 0.05) is 13.1 Å². The third-order valence-electron chi connectivity index (χ3n) is 2.75. The quantitative estimate of drug-likeness (QED) is 0.756. The average molecular weight is 232 g/mol. The molecule has 0 aromatic carbocycles. The number of nitrogens with two attached hydrogens (primary N) is 1. The van der Waals surface area contributed by atoms with Crippen LogP contribution in [-0.4, -0.2) is 41.9 Å². The van der Waals surface area contributed by atoms with Gasteiger partial charge in [0.2, 0.25) is 5.91 Å². The maximum Gasteiger partial charge on any atom is 0.239 e. The monoisotopic (exact) mass is 232 g/mol. The minimum atomic E-state index is -0.369. The maximum absolute atomic E-state index is 11.9. The van der Waals surface area contributed by atoms with Crippen molar-refractivity contribution < 1.29 is 4.79 Å². The molecule has 4 heteroatoms. The molecule has 15 heavy (non-hydrogen) atoms. The molecular formula is C11H24N2OS. The van der Waals surface area contributed by atoms with E-state index in [1.165, 1.54) is 0 Å². The highest BCUT2D eigenvalue weighted by Gasteiger charge is 2.23. The molecule has 0 saturated carbocycles. The first-order valence-electron chi connectivity index (χ1n) is 5.43. The normalized spacial score (nSPS) is 15.1. The molecule has 0 aromatic rings. The lowest BCUT2D eigenvalue weighted by Crippen LogP contribution is -2.48.